The van der Waals surface area contributed by atoms with Crippen LogP contribution in [0.25, 0.3) is 0 Å². The third-order valence-corrected chi connectivity index (χ3v) is 4.85. The predicted molar refractivity (Wildman–Crippen MR) is 93.8 cm³/mol. The molecule has 0 aromatic heterocycles. The van der Waals surface area contributed by atoms with Crippen LogP contribution >= 0.6 is 0 Å². The minimum absolute atomic E-state index is 0.101. The van der Waals surface area contributed by atoms with Crippen LogP contribution in [0.4, 0.5) is 10.5 Å². The SMILES string of the molecule is O=C(NCC1CCCCN1C(=O)C1CCNC1)Nc1ccccc1. The lowest BCUT2D eigenvalue weighted by Crippen LogP contribution is -2.51. The monoisotopic (exact) mass is 330 g/mol. The summed E-state index contributed by atoms with van der Waals surface area (Å²) >= 11 is 0. The van der Waals surface area contributed by atoms with Crippen molar-refractivity contribution in [2.24, 2.45) is 5.92 Å². The summed E-state index contributed by atoms with van der Waals surface area (Å²) in [6.45, 7) is 3.02. The van der Waals surface area contributed by atoms with Crippen molar-refractivity contribution < 1.29 is 9.59 Å². The number of rotatable bonds is 4. The van der Waals surface area contributed by atoms with Crippen LogP contribution in [-0.2, 0) is 4.79 Å². The third kappa shape index (κ3) is 4.26. The first-order valence-electron chi connectivity index (χ1n) is 8.85. The maximum atomic E-state index is 12.7. The number of likely N-dealkylation sites (tertiary alicyclic amines) is 1. The number of nitrogens with zero attached hydrogens (tertiary/aromatic N) is 1. The quantitative estimate of drug-likeness (QED) is 0.788. The number of carbonyl (C=O) groups is 2. The average Bonchev–Trinajstić information content (AvgIpc) is 3.15. The molecule has 3 amide bonds. The summed E-state index contributed by atoms with van der Waals surface area (Å²) in [5.41, 5.74) is 0.767. The molecule has 2 fully saturated rings. The maximum Gasteiger partial charge on any atom is 0.319 e. The van der Waals surface area contributed by atoms with Gasteiger partial charge in [0.2, 0.25) is 5.91 Å². The molecule has 2 aliphatic heterocycles. The number of urea groups is 1. The van der Waals surface area contributed by atoms with Crippen LogP contribution in [0, 0.1) is 5.92 Å². The van der Waals surface area contributed by atoms with Gasteiger partial charge in [-0.05, 0) is 44.4 Å². The van der Waals surface area contributed by atoms with Gasteiger partial charge in [0.25, 0.3) is 0 Å². The Hall–Kier alpha value is -2.08. The first-order chi connectivity index (χ1) is 11.7. The van der Waals surface area contributed by atoms with Gasteiger partial charge in [-0.2, -0.15) is 0 Å². The third-order valence-electron chi connectivity index (χ3n) is 4.85. The first-order valence-corrected chi connectivity index (χ1v) is 8.85. The van der Waals surface area contributed by atoms with Gasteiger partial charge in [0.15, 0.2) is 0 Å². The van der Waals surface area contributed by atoms with E-state index in [1.54, 1.807) is 0 Å². The average molecular weight is 330 g/mol. The highest BCUT2D eigenvalue weighted by molar-refractivity contribution is 5.89. The molecule has 3 rings (SSSR count). The number of carbonyl (C=O) groups excluding carboxylic acids is 2. The van der Waals surface area contributed by atoms with Crippen LogP contribution in [0.1, 0.15) is 25.7 Å². The molecule has 0 saturated carbocycles. The molecule has 0 spiro atoms. The number of hydrogen-bond donors (Lipinski definition) is 3. The van der Waals surface area contributed by atoms with E-state index in [2.05, 4.69) is 16.0 Å². The largest absolute Gasteiger partial charge is 0.338 e. The zero-order valence-electron chi connectivity index (χ0n) is 14.0. The predicted octanol–water partition coefficient (Wildman–Crippen LogP) is 1.80. The molecule has 2 saturated heterocycles. The molecule has 2 heterocycles. The molecule has 3 N–H and O–H groups in total. The summed E-state index contributed by atoms with van der Waals surface area (Å²) in [6.07, 6.45) is 4.04. The van der Waals surface area contributed by atoms with Crippen LogP contribution in [0.5, 0.6) is 0 Å². The van der Waals surface area contributed by atoms with Crippen molar-refractivity contribution in [3.63, 3.8) is 0 Å². The van der Waals surface area contributed by atoms with E-state index in [1.807, 2.05) is 35.2 Å². The smallest absolute Gasteiger partial charge is 0.319 e. The Labute approximate surface area is 143 Å². The summed E-state index contributed by atoms with van der Waals surface area (Å²) < 4.78 is 0. The first kappa shape index (κ1) is 16.8. The molecule has 1 aromatic carbocycles. The van der Waals surface area contributed by atoms with Crippen LogP contribution in [0.15, 0.2) is 30.3 Å². The second-order valence-electron chi connectivity index (χ2n) is 6.57. The minimum Gasteiger partial charge on any atom is -0.338 e. The van der Waals surface area contributed by atoms with E-state index in [9.17, 15) is 9.59 Å². The molecule has 0 bridgehead atoms. The Kier molecular flexibility index (Phi) is 5.69. The lowest BCUT2D eigenvalue weighted by molar-refractivity contribution is -0.138. The Bertz CT molecular complexity index is 557. The second-order valence-corrected chi connectivity index (χ2v) is 6.57. The van der Waals surface area contributed by atoms with E-state index in [1.165, 1.54) is 0 Å². The highest BCUT2D eigenvalue weighted by atomic mass is 16.2. The molecule has 2 unspecified atom stereocenters. The van der Waals surface area contributed by atoms with E-state index >= 15 is 0 Å². The maximum absolute atomic E-state index is 12.7. The lowest BCUT2D eigenvalue weighted by Gasteiger charge is -2.37. The van der Waals surface area contributed by atoms with E-state index in [4.69, 9.17) is 0 Å². The number of nitrogens with one attached hydrogen (secondary N) is 3. The topological polar surface area (TPSA) is 73.5 Å². The number of hydrogen-bond acceptors (Lipinski definition) is 3. The van der Waals surface area contributed by atoms with Crippen LogP contribution < -0.4 is 16.0 Å². The van der Waals surface area contributed by atoms with Gasteiger partial charge < -0.3 is 20.9 Å². The molecule has 0 radical (unpaired) electrons. The molecule has 2 atom stereocenters. The minimum atomic E-state index is -0.221. The fraction of sp³-hybridized carbons (Fsp3) is 0.556. The van der Waals surface area contributed by atoms with Crippen molar-refractivity contribution in [1.82, 2.24) is 15.5 Å². The summed E-state index contributed by atoms with van der Waals surface area (Å²) in [7, 11) is 0. The Morgan fingerprint density at radius 3 is 2.75 bits per heavy atom. The highest BCUT2D eigenvalue weighted by Gasteiger charge is 2.32. The summed E-state index contributed by atoms with van der Waals surface area (Å²) in [5, 5.41) is 8.99. The summed E-state index contributed by atoms with van der Waals surface area (Å²) in [4.78, 5) is 26.7. The fourth-order valence-electron chi connectivity index (χ4n) is 3.51. The molecular weight excluding hydrogens is 304 g/mol. The van der Waals surface area contributed by atoms with Crippen molar-refractivity contribution in [2.75, 3.05) is 31.5 Å². The van der Waals surface area contributed by atoms with Crippen molar-refractivity contribution >= 4 is 17.6 Å². The van der Waals surface area contributed by atoms with Gasteiger partial charge in [0, 0.05) is 31.4 Å². The molecule has 24 heavy (non-hydrogen) atoms. The summed E-state index contributed by atoms with van der Waals surface area (Å²) in [5.74, 6) is 0.346. The Morgan fingerprint density at radius 2 is 2.00 bits per heavy atom. The van der Waals surface area contributed by atoms with Crippen molar-refractivity contribution in [3.05, 3.63) is 30.3 Å². The van der Waals surface area contributed by atoms with Gasteiger partial charge >= 0.3 is 6.03 Å². The van der Waals surface area contributed by atoms with E-state index in [0.717, 1.165) is 51.0 Å². The molecule has 0 aliphatic carbocycles. The molecule has 6 heteroatoms. The van der Waals surface area contributed by atoms with E-state index in [-0.39, 0.29) is 23.9 Å². The van der Waals surface area contributed by atoms with E-state index < -0.39 is 0 Å². The zero-order valence-corrected chi connectivity index (χ0v) is 14.0. The van der Waals surface area contributed by atoms with Crippen molar-refractivity contribution in [2.45, 2.75) is 31.7 Å². The van der Waals surface area contributed by atoms with Gasteiger partial charge in [-0.3, -0.25) is 4.79 Å². The second kappa shape index (κ2) is 8.15. The molecule has 2 aliphatic rings. The van der Waals surface area contributed by atoms with Gasteiger partial charge in [0.1, 0.15) is 0 Å². The lowest BCUT2D eigenvalue weighted by atomic mass is 9.98. The van der Waals surface area contributed by atoms with Crippen LogP contribution in [0.2, 0.25) is 0 Å². The zero-order chi connectivity index (χ0) is 16.8. The Balaban J connectivity index is 1.52. The number of amides is 3. The fourth-order valence-corrected chi connectivity index (χ4v) is 3.51. The molecular formula is C18H26N4O2. The Morgan fingerprint density at radius 1 is 1.17 bits per heavy atom. The van der Waals surface area contributed by atoms with E-state index in [0.29, 0.717) is 6.54 Å². The normalized spacial score (nSPS) is 23.8. The van der Waals surface area contributed by atoms with Crippen LogP contribution in [-0.4, -0.2) is 49.1 Å². The number of para-hydroxylation sites is 1. The molecule has 1 aromatic rings. The van der Waals surface area contributed by atoms with Gasteiger partial charge in [0.05, 0.1) is 5.92 Å². The molecule has 130 valence electrons. The van der Waals surface area contributed by atoms with Gasteiger partial charge in [-0.1, -0.05) is 18.2 Å². The highest BCUT2D eigenvalue weighted by Crippen LogP contribution is 2.21. The number of piperidine rings is 1. The number of benzene rings is 1. The van der Waals surface area contributed by atoms with Crippen molar-refractivity contribution in [3.8, 4) is 0 Å². The standard InChI is InChI=1S/C18H26N4O2/c23-17(14-9-10-19-12-14)22-11-5-4-8-16(22)13-20-18(24)21-15-6-2-1-3-7-15/h1-3,6-7,14,16,19H,4-5,8-13H2,(H2,20,21,24). The summed E-state index contributed by atoms with van der Waals surface area (Å²) in [6, 6.07) is 9.26. The van der Waals surface area contributed by atoms with Crippen molar-refractivity contribution in [1.29, 1.82) is 0 Å². The van der Waals surface area contributed by atoms with Gasteiger partial charge in [-0.15, -0.1) is 0 Å². The number of anilines is 1. The molecule has 6 nitrogen and oxygen atoms in total. The van der Waals surface area contributed by atoms with Crippen LogP contribution in [0.3, 0.4) is 0 Å². The van der Waals surface area contributed by atoms with Gasteiger partial charge in [-0.25, -0.2) is 4.79 Å².